The van der Waals surface area contributed by atoms with Gasteiger partial charge in [-0.2, -0.15) is 0 Å². The maximum Gasteiger partial charge on any atom is 0.328 e. The quantitative estimate of drug-likeness (QED) is 0.757. The van der Waals surface area contributed by atoms with Crippen molar-refractivity contribution in [3.63, 3.8) is 0 Å². The van der Waals surface area contributed by atoms with Crippen molar-refractivity contribution in [1.82, 2.24) is 10.3 Å². The Hall–Kier alpha value is -2.17. The average molecular weight is 290 g/mol. The van der Waals surface area contributed by atoms with Gasteiger partial charge in [0.2, 0.25) is 0 Å². The molecule has 1 atom stereocenters. The average Bonchev–Trinajstić information content (AvgIpc) is 2.43. The SMILES string of the molecule is CC(C)CCC(C)NC(=O)c1cncc(C=CC(=O)O)c1. The second kappa shape index (κ2) is 8.19. The molecule has 5 nitrogen and oxygen atoms in total. The van der Waals surface area contributed by atoms with Gasteiger partial charge in [-0.1, -0.05) is 13.8 Å². The molecule has 0 saturated carbocycles. The predicted molar refractivity (Wildman–Crippen MR) is 81.9 cm³/mol. The van der Waals surface area contributed by atoms with E-state index in [1.165, 1.54) is 18.5 Å². The van der Waals surface area contributed by atoms with E-state index in [0.29, 0.717) is 17.0 Å². The van der Waals surface area contributed by atoms with Crippen molar-refractivity contribution in [3.05, 3.63) is 35.7 Å². The van der Waals surface area contributed by atoms with E-state index >= 15 is 0 Å². The molecule has 0 fully saturated rings. The van der Waals surface area contributed by atoms with E-state index in [4.69, 9.17) is 5.11 Å². The molecule has 1 aromatic heterocycles. The summed E-state index contributed by atoms with van der Waals surface area (Å²) in [6, 6.07) is 1.72. The molecule has 0 spiro atoms. The Morgan fingerprint density at radius 2 is 2.00 bits per heavy atom. The predicted octanol–water partition coefficient (Wildman–Crippen LogP) is 2.73. The highest BCUT2D eigenvalue weighted by molar-refractivity contribution is 5.95. The molecule has 21 heavy (non-hydrogen) atoms. The number of hydrogen-bond acceptors (Lipinski definition) is 3. The molecule has 0 bridgehead atoms. The third-order valence-corrected chi connectivity index (χ3v) is 2.99. The third kappa shape index (κ3) is 6.70. The van der Waals surface area contributed by atoms with Crippen molar-refractivity contribution >= 4 is 18.0 Å². The van der Waals surface area contributed by atoms with E-state index < -0.39 is 5.97 Å². The van der Waals surface area contributed by atoms with E-state index in [1.807, 2.05) is 6.92 Å². The molecule has 0 aliphatic heterocycles. The van der Waals surface area contributed by atoms with Crippen LogP contribution in [-0.4, -0.2) is 28.0 Å². The zero-order valence-corrected chi connectivity index (χ0v) is 12.7. The molecular formula is C16H22N2O3. The van der Waals surface area contributed by atoms with Crippen molar-refractivity contribution in [2.45, 2.75) is 39.7 Å². The van der Waals surface area contributed by atoms with Crippen molar-refractivity contribution in [3.8, 4) is 0 Å². The lowest BCUT2D eigenvalue weighted by atomic mass is 10.0. The number of carbonyl (C=O) groups is 2. The summed E-state index contributed by atoms with van der Waals surface area (Å²) in [7, 11) is 0. The first-order chi connectivity index (χ1) is 9.88. The number of hydrogen-bond donors (Lipinski definition) is 2. The number of amides is 1. The normalized spacial score (nSPS) is 12.6. The highest BCUT2D eigenvalue weighted by atomic mass is 16.4. The summed E-state index contributed by atoms with van der Waals surface area (Å²) in [5.41, 5.74) is 1.01. The van der Waals surface area contributed by atoms with Gasteiger partial charge in [0.05, 0.1) is 5.56 Å². The van der Waals surface area contributed by atoms with E-state index in [0.717, 1.165) is 18.9 Å². The number of aliphatic carboxylic acids is 1. The standard InChI is InChI=1S/C16H22N2O3/c1-11(2)4-5-12(3)18-16(21)14-8-13(9-17-10-14)6-7-15(19)20/h6-12H,4-5H2,1-3H3,(H,18,21)(H,19,20). The Labute approximate surface area is 125 Å². The molecule has 1 rings (SSSR count). The van der Waals surface area contributed by atoms with Gasteiger partial charge in [-0.05, 0) is 43.4 Å². The number of nitrogens with one attached hydrogen (secondary N) is 1. The van der Waals surface area contributed by atoms with E-state index in [2.05, 4.69) is 24.1 Å². The summed E-state index contributed by atoms with van der Waals surface area (Å²) >= 11 is 0. The number of pyridine rings is 1. The van der Waals surface area contributed by atoms with Gasteiger partial charge in [-0.3, -0.25) is 9.78 Å². The Kier molecular flexibility index (Phi) is 6.59. The van der Waals surface area contributed by atoms with Gasteiger partial charge in [-0.25, -0.2) is 4.79 Å². The van der Waals surface area contributed by atoms with Crippen LogP contribution in [0.2, 0.25) is 0 Å². The maximum absolute atomic E-state index is 12.1. The molecule has 0 aromatic carbocycles. The minimum atomic E-state index is -1.04. The van der Waals surface area contributed by atoms with Crippen LogP contribution in [0, 0.1) is 5.92 Å². The van der Waals surface area contributed by atoms with Crippen LogP contribution in [-0.2, 0) is 4.79 Å². The van der Waals surface area contributed by atoms with Crippen molar-refractivity contribution < 1.29 is 14.7 Å². The largest absolute Gasteiger partial charge is 0.478 e. The number of nitrogens with zero attached hydrogens (tertiary/aromatic N) is 1. The van der Waals surface area contributed by atoms with Crippen LogP contribution in [0.25, 0.3) is 6.08 Å². The molecule has 114 valence electrons. The first-order valence-corrected chi connectivity index (χ1v) is 7.05. The number of carboxylic acid groups (broad SMARTS) is 1. The fraction of sp³-hybridized carbons (Fsp3) is 0.438. The van der Waals surface area contributed by atoms with Crippen molar-refractivity contribution in [2.24, 2.45) is 5.92 Å². The van der Waals surface area contributed by atoms with E-state index in [-0.39, 0.29) is 11.9 Å². The smallest absolute Gasteiger partial charge is 0.328 e. The van der Waals surface area contributed by atoms with E-state index in [9.17, 15) is 9.59 Å². The molecule has 1 heterocycles. The number of carbonyl (C=O) groups excluding carboxylic acids is 1. The second-order valence-corrected chi connectivity index (χ2v) is 5.52. The molecule has 0 radical (unpaired) electrons. The molecule has 2 N–H and O–H groups in total. The van der Waals surface area contributed by atoms with Gasteiger partial charge in [0.25, 0.3) is 5.91 Å². The summed E-state index contributed by atoms with van der Waals surface area (Å²) in [6.45, 7) is 6.27. The minimum Gasteiger partial charge on any atom is -0.478 e. The van der Waals surface area contributed by atoms with Gasteiger partial charge < -0.3 is 10.4 Å². The lowest BCUT2D eigenvalue weighted by Crippen LogP contribution is -2.32. The summed E-state index contributed by atoms with van der Waals surface area (Å²) in [4.78, 5) is 26.5. The molecule has 0 saturated heterocycles. The summed E-state index contributed by atoms with van der Waals surface area (Å²) in [5, 5.41) is 11.5. The second-order valence-electron chi connectivity index (χ2n) is 5.52. The summed E-state index contributed by atoms with van der Waals surface area (Å²) < 4.78 is 0. The lowest BCUT2D eigenvalue weighted by Gasteiger charge is -2.15. The Bertz CT molecular complexity index is 524. The number of aromatic nitrogens is 1. The molecule has 1 aromatic rings. The Balaban J connectivity index is 2.65. The highest BCUT2D eigenvalue weighted by Gasteiger charge is 2.11. The molecule has 0 aliphatic rings. The third-order valence-electron chi connectivity index (χ3n) is 2.99. The first-order valence-electron chi connectivity index (χ1n) is 7.05. The fourth-order valence-electron chi connectivity index (χ4n) is 1.80. The van der Waals surface area contributed by atoms with Gasteiger partial charge in [0.15, 0.2) is 0 Å². The van der Waals surface area contributed by atoms with Crippen LogP contribution in [0.15, 0.2) is 24.5 Å². The van der Waals surface area contributed by atoms with Gasteiger partial charge in [-0.15, -0.1) is 0 Å². The molecular weight excluding hydrogens is 268 g/mol. The highest BCUT2D eigenvalue weighted by Crippen LogP contribution is 2.09. The zero-order valence-electron chi connectivity index (χ0n) is 12.7. The van der Waals surface area contributed by atoms with Crippen LogP contribution < -0.4 is 5.32 Å². The number of rotatable bonds is 7. The van der Waals surface area contributed by atoms with Gasteiger partial charge >= 0.3 is 5.97 Å². The van der Waals surface area contributed by atoms with Crippen LogP contribution in [0.3, 0.4) is 0 Å². The Morgan fingerprint density at radius 1 is 1.29 bits per heavy atom. The van der Waals surface area contributed by atoms with Crippen LogP contribution >= 0.6 is 0 Å². The summed E-state index contributed by atoms with van der Waals surface area (Å²) in [6.07, 6.45) is 7.40. The zero-order chi connectivity index (χ0) is 15.8. The van der Waals surface area contributed by atoms with E-state index in [1.54, 1.807) is 6.07 Å². The summed E-state index contributed by atoms with van der Waals surface area (Å²) in [5.74, 6) is -0.619. The minimum absolute atomic E-state index is 0.0955. The monoisotopic (exact) mass is 290 g/mol. The Morgan fingerprint density at radius 3 is 2.62 bits per heavy atom. The fourth-order valence-corrected chi connectivity index (χ4v) is 1.80. The van der Waals surface area contributed by atoms with Crippen LogP contribution in [0.5, 0.6) is 0 Å². The van der Waals surface area contributed by atoms with Crippen LogP contribution in [0.4, 0.5) is 0 Å². The maximum atomic E-state index is 12.1. The van der Waals surface area contributed by atoms with Crippen LogP contribution in [0.1, 0.15) is 49.5 Å². The number of carboxylic acids is 1. The lowest BCUT2D eigenvalue weighted by molar-refractivity contribution is -0.131. The van der Waals surface area contributed by atoms with Gasteiger partial charge in [0.1, 0.15) is 0 Å². The first kappa shape index (κ1) is 16.9. The van der Waals surface area contributed by atoms with Gasteiger partial charge in [0, 0.05) is 24.5 Å². The van der Waals surface area contributed by atoms with Crippen molar-refractivity contribution in [1.29, 1.82) is 0 Å². The topological polar surface area (TPSA) is 79.3 Å². The molecule has 1 unspecified atom stereocenters. The molecule has 1 amide bonds. The molecule has 0 aliphatic carbocycles. The molecule has 5 heteroatoms. The van der Waals surface area contributed by atoms with Crippen molar-refractivity contribution in [2.75, 3.05) is 0 Å².